The molecule has 0 unspecified atom stereocenters. The maximum Gasteiger partial charge on any atom is 0.191 e. The van der Waals surface area contributed by atoms with Crippen molar-refractivity contribution in [2.24, 2.45) is 12.0 Å². The molecule has 0 spiro atoms. The summed E-state index contributed by atoms with van der Waals surface area (Å²) >= 11 is 0. The van der Waals surface area contributed by atoms with Crippen molar-refractivity contribution >= 4 is 5.96 Å². The molecule has 3 aromatic rings. The molecule has 0 aliphatic heterocycles. The minimum atomic E-state index is 0.344. The molecule has 6 heteroatoms. The summed E-state index contributed by atoms with van der Waals surface area (Å²) in [5, 5.41) is 14.7. The lowest BCUT2D eigenvalue weighted by Gasteiger charge is -2.19. The van der Waals surface area contributed by atoms with Gasteiger partial charge in [-0.25, -0.2) is 4.99 Å². The van der Waals surface area contributed by atoms with Crippen molar-refractivity contribution in [3.63, 3.8) is 0 Å². The van der Waals surface area contributed by atoms with Gasteiger partial charge in [-0.05, 0) is 24.5 Å². The predicted molar refractivity (Wildman–Crippen MR) is 113 cm³/mol. The third-order valence-electron chi connectivity index (χ3n) is 4.66. The quantitative estimate of drug-likeness (QED) is 0.468. The first-order chi connectivity index (χ1) is 13.8. The lowest BCUT2D eigenvalue weighted by atomic mass is 9.88. The van der Waals surface area contributed by atoms with Crippen LogP contribution in [-0.4, -0.2) is 33.8 Å². The summed E-state index contributed by atoms with van der Waals surface area (Å²) in [6.07, 6.45) is 2.66. The van der Waals surface area contributed by atoms with E-state index in [-0.39, 0.29) is 0 Å². The Bertz CT molecular complexity index is 818. The van der Waals surface area contributed by atoms with Gasteiger partial charge in [0.15, 0.2) is 11.8 Å². The maximum absolute atomic E-state index is 4.63. The maximum atomic E-state index is 4.63. The molecule has 1 heterocycles. The number of aromatic nitrogens is 3. The van der Waals surface area contributed by atoms with Crippen LogP contribution in [0.3, 0.4) is 0 Å². The number of aryl methyl sites for hydroxylation is 1. The molecule has 2 aromatic carbocycles. The molecule has 0 atom stereocenters. The Morgan fingerprint density at radius 3 is 2.18 bits per heavy atom. The van der Waals surface area contributed by atoms with Crippen molar-refractivity contribution in [1.29, 1.82) is 0 Å². The van der Waals surface area contributed by atoms with Crippen molar-refractivity contribution < 1.29 is 0 Å². The zero-order chi connectivity index (χ0) is 19.6. The van der Waals surface area contributed by atoms with Gasteiger partial charge in [0.1, 0.15) is 12.9 Å². The lowest BCUT2D eigenvalue weighted by molar-refractivity contribution is 0.677. The van der Waals surface area contributed by atoms with E-state index in [9.17, 15) is 0 Å². The lowest BCUT2D eigenvalue weighted by Crippen LogP contribution is -2.38. The highest BCUT2D eigenvalue weighted by molar-refractivity contribution is 5.79. The molecule has 28 heavy (non-hydrogen) atoms. The fourth-order valence-corrected chi connectivity index (χ4v) is 3.17. The number of hydrogen-bond donors (Lipinski definition) is 2. The molecule has 2 N–H and O–H groups in total. The van der Waals surface area contributed by atoms with E-state index >= 15 is 0 Å². The number of guanidine groups is 1. The van der Waals surface area contributed by atoms with E-state index < -0.39 is 0 Å². The summed E-state index contributed by atoms with van der Waals surface area (Å²) in [5.74, 6) is 1.98. The Labute approximate surface area is 166 Å². The van der Waals surface area contributed by atoms with Crippen LogP contribution in [0.15, 0.2) is 72.0 Å². The van der Waals surface area contributed by atoms with Crippen LogP contribution in [0.25, 0.3) is 0 Å². The smallest absolute Gasteiger partial charge is 0.191 e. The van der Waals surface area contributed by atoms with Crippen LogP contribution < -0.4 is 10.6 Å². The SMILES string of the molecule is CCNC(=NCc1nncn1C)NCCC(c1ccccc1)c1ccccc1. The van der Waals surface area contributed by atoms with Crippen molar-refractivity contribution in [3.05, 3.63) is 83.9 Å². The van der Waals surface area contributed by atoms with Gasteiger partial charge in [-0.15, -0.1) is 10.2 Å². The van der Waals surface area contributed by atoms with E-state index in [4.69, 9.17) is 0 Å². The Morgan fingerprint density at radius 2 is 1.64 bits per heavy atom. The second kappa shape index (κ2) is 10.3. The highest BCUT2D eigenvalue weighted by atomic mass is 15.3. The van der Waals surface area contributed by atoms with Crippen LogP contribution >= 0.6 is 0 Å². The van der Waals surface area contributed by atoms with E-state index in [2.05, 4.69) is 93.4 Å². The summed E-state index contributed by atoms with van der Waals surface area (Å²) in [4.78, 5) is 4.63. The number of nitrogens with zero attached hydrogens (tertiary/aromatic N) is 4. The predicted octanol–water partition coefficient (Wildman–Crippen LogP) is 3.09. The Balaban J connectivity index is 1.65. The Hall–Kier alpha value is -3.15. The number of aliphatic imine (C=N–C) groups is 1. The van der Waals surface area contributed by atoms with Crippen molar-refractivity contribution in [3.8, 4) is 0 Å². The summed E-state index contributed by atoms with van der Waals surface area (Å²) in [5.41, 5.74) is 2.66. The largest absolute Gasteiger partial charge is 0.357 e. The average Bonchev–Trinajstić information content (AvgIpc) is 3.15. The first-order valence-corrected chi connectivity index (χ1v) is 9.73. The minimum Gasteiger partial charge on any atom is -0.357 e. The third kappa shape index (κ3) is 5.42. The van der Waals surface area contributed by atoms with Gasteiger partial charge in [-0.2, -0.15) is 0 Å². The summed E-state index contributed by atoms with van der Waals surface area (Å²) in [6, 6.07) is 21.3. The molecule has 3 rings (SSSR count). The molecule has 0 aliphatic carbocycles. The van der Waals surface area contributed by atoms with Crippen molar-refractivity contribution in [1.82, 2.24) is 25.4 Å². The van der Waals surface area contributed by atoms with Crippen LogP contribution in [-0.2, 0) is 13.6 Å². The topological polar surface area (TPSA) is 67.1 Å². The molecule has 0 saturated carbocycles. The van der Waals surface area contributed by atoms with E-state index in [0.717, 1.165) is 31.3 Å². The molecule has 6 nitrogen and oxygen atoms in total. The van der Waals surface area contributed by atoms with Crippen LogP contribution in [0.2, 0.25) is 0 Å². The standard InChI is InChI=1S/C22H28N6/c1-3-23-22(25-16-21-27-26-17-28(21)2)24-15-14-20(18-10-6-4-7-11-18)19-12-8-5-9-13-19/h4-13,17,20H,3,14-16H2,1-2H3,(H2,23,24,25). The van der Waals surface area contributed by atoms with Crippen molar-refractivity contribution in [2.75, 3.05) is 13.1 Å². The van der Waals surface area contributed by atoms with Crippen molar-refractivity contribution in [2.45, 2.75) is 25.8 Å². The van der Waals surface area contributed by atoms with Gasteiger partial charge in [0.2, 0.25) is 0 Å². The van der Waals surface area contributed by atoms with Gasteiger partial charge in [-0.1, -0.05) is 60.7 Å². The zero-order valence-electron chi connectivity index (χ0n) is 16.5. The number of nitrogens with one attached hydrogen (secondary N) is 2. The number of rotatable bonds is 8. The van der Waals surface area contributed by atoms with Crippen LogP contribution in [0.1, 0.15) is 36.2 Å². The summed E-state index contributed by atoms with van der Waals surface area (Å²) < 4.78 is 1.88. The Kier molecular flexibility index (Phi) is 7.18. The summed E-state index contributed by atoms with van der Waals surface area (Å²) in [6.45, 7) is 4.19. The molecule has 1 aromatic heterocycles. The molecule has 0 fully saturated rings. The fraction of sp³-hybridized carbons (Fsp3) is 0.318. The third-order valence-corrected chi connectivity index (χ3v) is 4.66. The van der Waals surface area contributed by atoms with Crippen LogP contribution in [0.5, 0.6) is 0 Å². The van der Waals surface area contributed by atoms with E-state index in [1.54, 1.807) is 6.33 Å². The van der Waals surface area contributed by atoms with Gasteiger partial charge >= 0.3 is 0 Å². The van der Waals surface area contributed by atoms with E-state index in [0.29, 0.717) is 12.5 Å². The Morgan fingerprint density at radius 1 is 1.00 bits per heavy atom. The second-order valence-corrected chi connectivity index (χ2v) is 6.64. The first-order valence-electron chi connectivity index (χ1n) is 9.73. The normalized spacial score (nSPS) is 11.6. The molecule has 0 saturated heterocycles. The van der Waals surface area contributed by atoms with E-state index in [1.807, 2.05) is 11.6 Å². The molecular weight excluding hydrogens is 348 g/mol. The molecule has 0 amide bonds. The fourth-order valence-electron chi connectivity index (χ4n) is 3.17. The molecule has 146 valence electrons. The zero-order valence-corrected chi connectivity index (χ0v) is 16.5. The molecule has 0 bridgehead atoms. The first kappa shape index (κ1) is 19.6. The molecular formula is C22H28N6. The number of hydrogen-bond acceptors (Lipinski definition) is 3. The molecule has 0 radical (unpaired) electrons. The highest BCUT2D eigenvalue weighted by Crippen LogP contribution is 2.27. The van der Waals surface area contributed by atoms with Gasteiger partial charge in [0, 0.05) is 26.1 Å². The second-order valence-electron chi connectivity index (χ2n) is 6.64. The molecule has 0 aliphatic rings. The monoisotopic (exact) mass is 376 g/mol. The van der Waals surface area contributed by atoms with Gasteiger partial charge in [0.05, 0.1) is 0 Å². The van der Waals surface area contributed by atoms with Crippen LogP contribution in [0.4, 0.5) is 0 Å². The average molecular weight is 377 g/mol. The number of benzene rings is 2. The summed E-state index contributed by atoms with van der Waals surface area (Å²) in [7, 11) is 1.93. The van der Waals surface area contributed by atoms with Gasteiger partial charge < -0.3 is 15.2 Å². The minimum absolute atomic E-state index is 0.344. The van der Waals surface area contributed by atoms with Gasteiger partial charge in [-0.3, -0.25) is 0 Å². The highest BCUT2D eigenvalue weighted by Gasteiger charge is 2.13. The van der Waals surface area contributed by atoms with Gasteiger partial charge in [0.25, 0.3) is 0 Å². The van der Waals surface area contributed by atoms with Crippen LogP contribution in [0, 0.1) is 0 Å². The van der Waals surface area contributed by atoms with E-state index in [1.165, 1.54) is 11.1 Å².